The van der Waals surface area contributed by atoms with Crippen LogP contribution in [0.15, 0.2) is 56.8 Å². The van der Waals surface area contributed by atoms with E-state index in [1.54, 1.807) is 56.1 Å². The third-order valence-electron chi connectivity index (χ3n) is 5.06. The molecule has 1 aliphatic heterocycles. The summed E-state index contributed by atoms with van der Waals surface area (Å²) in [5.41, 5.74) is 1.33. The number of hydrogen-bond donors (Lipinski definition) is 0. The molecular formula is C23H22N2O5S2. The Morgan fingerprint density at radius 2 is 2.00 bits per heavy atom. The quantitative estimate of drug-likeness (QED) is 0.518. The van der Waals surface area contributed by atoms with Crippen molar-refractivity contribution >= 4 is 34.7 Å². The van der Waals surface area contributed by atoms with E-state index in [1.165, 1.54) is 11.3 Å². The maximum atomic E-state index is 13.5. The fourth-order valence-corrected chi connectivity index (χ4v) is 5.40. The summed E-state index contributed by atoms with van der Waals surface area (Å²) in [7, 11) is 3.10. The van der Waals surface area contributed by atoms with Crippen molar-refractivity contribution in [2.45, 2.75) is 19.9 Å². The third kappa shape index (κ3) is 3.89. The molecule has 0 bridgehead atoms. The van der Waals surface area contributed by atoms with Crippen molar-refractivity contribution in [3.63, 3.8) is 0 Å². The minimum Gasteiger partial charge on any atom is -0.493 e. The number of benzene rings is 1. The minimum atomic E-state index is -0.699. The number of fused-ring (bicyclic) bond motifs is 1. The summed E-state index contributed by atoms with van der Waals surface area (Å²) in [6.45, 7) is 3.73. The summed E-state index contributed by atoms with van der Waals surface area (Å²) in [5.74, 6) is 0.560. The molecule has 4 rings (SSSR count). The molecular weight excluding hydrogens is 448 g/mol. The maximum absolute atomic E-state index is 13.5. The van der Waals surface area contributed by atoms with E-state index in [2.05, 4.69) is 4.99 Å². The summed E-state index contributed by atoms with van der Waals surface area (Å²) < 4.78 is 18.2. The molecule has 32 heavy (non-hydrogen) atoms. The maximum Gasteiger partial charge on any atom is 0.338 e. The second-order valence-electron chi connectivity index (χ2n) is 6.93. The molecule has 0 radical (unpaired) electrons. The predicted octanol–water partition coefficient (Wildman–Crippen LogP) is 2.88. The van der Waals surface area contributed by atoms with Gasteiger partial charge in [-0.2, -0.15) is 0 Å². The first kappa shape index (κ1) is 22.0. The van der Waals surface area contributed by atoms with Crippen molar-refractivity contribution in [3.8, 4) is 11.5 Å². The topological polar surface area (TPSA) is 79.1 Å². The number of thiophene rings is 1. The van der Waals surface area contributed by atoms with Crippen LogP contribution in [0.5, 0.6) is 11.5 Å². The number of carbonyl (C=O) groups excluding carboxylic acids is 1. The molecule has 0 N–H and O–H groups in total. The molecule has 0 spiro atoms. The highest BCUT2D eigenvalue weighted by atomic mass is 32.1. The van der Waals surface area contributed by atoms with E-state index >= 15 is 0 Å². The first-order valence-corrected chi connectivity index (χ1v) is 11.6. The Balaban J connectivity index is 1.98. The molecule has 7 nitrogen and oxygen atoms in total. The Bertz CT molecular complexity index is 1370. The van der Waals surface area contributed by atoms with Crippen molar-refractivity contribution in [1.82, 2.24) is 4.57 Å². The van der Waals surface area contributed by atoms with Crippen LogP contribution in [-0.2, 0) is 9.53 Å². The molecule has 3 aromatic rings. The number of rotatable bonds is 6. The molecule has 166 valence electrons. The summed E-state index contributed by atoms with van der Waals surface area (Å²) in [6.07, 6.45) is 1.85. The zero-order valence-corrected chi connectivity index (χ0v) is 19.7. The number of esters is 1. The molecule has 0 amide bonds. The van der Waals surface area contributed by atoms with Gasteiger partial charge in [0.1, 0.15) is 0 Å². The SMILES string of the molecule is CCOC(=O)C1=C(C)N=c2sc(=Cc3cccs3)c(=O)n2C1c1ccc(OC)c(OC)c1. The van der Waals surface area contributed by atoms with Crippen LogP contribution in [0.2, 0.25) is 0 Å². The van der Waals surface area contributed by atoms with Gasteiger partial charge in [-0.25, -0.2) is 9.79 Å². The van der Waals surface area contributed by atoms with Crippen molar-refractivity contribution in [2.75, 3.05) is 20.8 Å². The number of thiazole rings is 1. The molecule has 2 aromatic heterocycles. The lowest BCUT2D eigenvalue weighted by atomic mass is 9.95. The van der Waals surface area contributed by atoms with Crippen LogP contribution in [0, 0.1) is 0 Å². The number of aromatic nitrogens is 1. The molecule has 1 aliphatic rings. The number of methoxy groups -OCH3 is 2. The second-order valence-corrected chi connectivity index (χ2v) is 8.92. The largest absolute Gasteiger partial charge is 0.493 e. The van der Waals surface area contributed by atoms with Crippen LogP contribution in [-0.4, -0.2) is 31.4 Å². The van der Waals surface area contributed by atoms with Gasteiger partial charge < -0.3 is 14.2 Å². The van der Waals surface area contributed by atoms with Crippen molar-refractivity contribution < 1.29 is 19.0 Å². The number of ether oxygens (including phenoxy) is 3. The summed E-state index contributed by atoms with van der Waals surface area (Å²) in [4.78, 5) is 32.5. The molecule has 9 heteroatoms. The van der Waals surface area contributed by atoms with Gasteiger partial charge in [-0.1, -0.05) is 23.5 Å². The summed E-state index contributed by atoms with van der Waals surface area (Å²) >= 11 is 2.85. The zero-order valence-electron chi connectivity index (χ0n) is 18.1. The lowest BCUT2D eigenvalue weighted by Gasteiger charge is -2.25. The van der Waals surface area contributed by atoms with Gasteiger partial charge in [-0.3, -0.25) is 9.36 Å². The van der Waals surface area contributed by atoms with E-state index in [0.717, 1.165) is 4.88 Å². The molecule has 1 aromatic carbocycles. The van der Waals surface area contributed by atoms with E-state index in [-0.39, 0.29) is 12.2 Å². The van der Waals surface area contributed by atoms with Gasteiger partial charge in [0, 0.05) is 4.88 Å². The first-order valence-electron chi connectivity index (χ1n) is 9.93. The second kappa shape index (κ2) is 9.13. The van der Waals surface area contributed by atoms with Crippen LogP contribution in [0.1, 0.15) is 30.3 Å². The molecule has 3 heterocycles. The average molecular weight is 471 g/mol. The fourth-order valence-electron chi connectivity index (χ4n) is 3.63. The predicted molar refractivity (Wildman–Crippen MR) is 124 cm³/mol. The van der Waals surface area contributed by atoms with Gasteiger partial charge in [-0.05, 0) is 49.1 Å². The Morgan fingerprint density at radius 1 is 1.22 bits per heavy atom. The van der Waals surface area contributed by atoms with Crippen LogP contribution in [0.3, 0.4) is 0 Å². The van der Waals surface area contributed by atoms with Gasteiger partial charge in [-0.15, -0.1) is 11.3 Å². The third-order valence-corrected chi connectivity index (χ3v) is 6.86. The highest BCUT2D eigenvalue weighted by Gasteiger charge is 2.33. The van der Waals surface area contributed by atoms with Gasteiger partial charge in [0.05, 0.1) is 42.7 Å². The standard InChI is InChI=1S/C23H22N2O5S2/c1-5-30-22(27)19-13(2)24-23-25(21(26)18(32-23)12-15-7-6-10-31-15)20(19)14-8-9-16(28-3)17(11-14)29-4/h6-12,20H,5H2,1-4H3. The Kier molecular flexibility index (Phi) is 6.29. The van der Waals surface area contributed by atoms with E-state index in [4.69, 9.17) is 14.2 Å². The average Bonchev–Trinajstić information content (AvgIpc) is 3.40. The summed E-state index contributed by atoms with van der Waals surface area (Å²) in [6, 6.07) is 8.54. The minimum absolute atomic E-state index is 0.212. The highest BCUT2D eigenvalue weighted by molar-refractivity contribution is 7.11. The Morgan fingerprint density at radius 3 is 2.66 bits per heavy atom. The smallest absolute Gasteiger partial charge is 0.338 e. The molecule has 0 aliphatic carbocycles. The van der Waals surface area contributed by atoms with Crippen molar-refractivity contribution in [1.29, 1.82) is 0 Å². The lowest BCUT2D eigenvalue weighted by molar-refractivity contribution is -0.139. The summed E-state index contributed by atoms with van der Waals surface area (Å²) in [5, 5.41) is 1.96. The normalized spacial score (nSPS) is 15.9. The molecule has 1 unspecified atom stereocenters. The monoisotopic (exact) mass is 470 g/mol. The van der Waals surface area contributed by atoms with Crippen LogP contribution < -0.4 is 24.4 Å². The number of nitrogens with zero attached hydrogens (tertiary/aromatic N) is 2. The van der Waals surface area contributed by atoms with Crippen LogP contribution >= 0.6 is 22.7 Å². The molecule has 0 fully saturated rings. The van der Waals surface area contributed by atoms with Crippen LogP contribution in [0.25, 0.3) is 6.08 Å². The molecule has 0 saturated carbocycles. The number of allylic oxidation sites excluding steroid dienone is 1. The highest BCUT2D eigenvalue weighted by Crippen LogP contribution is 2.36. The van der Waals surface area contributed by atoms with Crippen molar-refractivity contribution in [2.24, 2.45) is 4.99 Å². The van der Waals surface area contributed by atoms with E-state index in [9.17, 15) is 9.59 Å². The Labute approximate surface area is 192 Å². The van der Waals surface area contributed by atoms with Crippen LogP contribution in [0.4, 0.5) is 0 Å². The molecule has 0 saturated heterocycles. The zero-order chi connectivity index (χ0) is 22.8. The van der Waals surface area contributed by atoms with Gasteiger partial charge >= 0.3 is 5.97 Å². The van der Waals surface area contributed by atoms with Gasteiger partial charge in [0.2, 0.25) is 0 Å². The van der Waals surface area contributed by atoms with E-state index in [0.29, 0.717) is 37.7 Å². The van der Waals surface area contributed by atoms with E-state index in [1.807, 2.05) is 29.7 Å². The Hall–Kier alpha value is -3.17. The lowest BCUT2D eigenvalue weighted by Crippen LogP contribution is -2.39. The molecule has 1 atom stereocenters. The number of hydrogen-bond acceptors (Lipinski definition) is 8. The number of carbonyl (C=O) groups is 1. The van der Waals surface area contributed by atoms with Gasteiger partial charge in [0.15, 0.2) is 16.3 Å². The fraction of sp³-hybridized carbons (Fsp3) is 0.261. The van der Waals surface area contributed by atoms with E-state index < -0.39 is 12.0 Å². The van der Waals surface area contributed by atoms with Gasteiger partial charge in [0.25, 0.3) is 5.56 Å². The van der Waals surface area contributed by atoms with Crippen molar-refractivity contribution in [3.05, 3.63) is 77.1 Å². The first-order chi connectivity index (χ1) is 15.5.